The Bertz CT molecular complexity index is 1600. The van der Waals surface area contributed by atoms with Crippen LogP contribution in [0.15, 0.2) is 39.9 Å². The van der Waals surface area contributed by atoms with Gasteiger partial charge in [-0.3, -0.25) is 14.6 Å². The van der Waals surface area contributed by atoms with Gasteiger partial charge in [-0.05, 0) is 24.1 Å². The van der Waals surface area contributed by atoms with E-state index in [2.05, 4.69) is 4.98 Å². The third-order valence-corrected chi connectivity index (χ3v) is 6.69. The zero-order valence-corrected chi connectivity index (χ0v) is 17.7. The average Bonchev–Trinajstić information content (AvgIpc) is 3.11. The second-order valence-electron chi connectivity index (χ2n) is 7.60. The van der Waals surface area contributed by atoms with E-state index in [4.69, 9.17) is 0 Å². The Labute approximate surface area is 190 Å². The van der Waals surface area contributed by atoms with Crippen LogP contribution >= 0.6 is 11.3 Å². The standard InChI is InChI=1S/C22H12F5N3O3S/c23-9-1-2-15(12(25)5-9)30-21(32)17-11-3-4-29(8-16(11)34-19(17)28-22(30)33)20(31)18-13(26)6-10(24)7-14(18)27/h1-2,5-7H,3-4,8H2,(H,28,33). The quantitative estimate of drug-likeness (QED) is 0.434. The van der Waals surface area contributed by atoms with E-state index in [0.29, 0.717) is 33.2 Å². The van der Waals surface area contributed by atoms with Gasteiger partial charge in [-0.25, -0.2) is 31.3 Å². The van der Waals surface area contributed by atoms with Crippen LogP contribution in [0.5, 0.6) is 0 Å². The van der Waals surface area contributed by atoms with E-state index in [1.165, 1.54) is 0 Å². The number of amides is 1. The molecule has 0 saturated carbocycles. The SMILES string of the molecule is O=C(c1c(F)cc(F)cc1F)N1CCc2c(sc3[nH]c(=O)n(-c4ccc(F)cc4F)c(=O)c23)C1. The van der Waals surface area contributed by atoms with Crippen molar-refractivity contribution in [2.45, 2.75) is 13.0 Å². The van der Waals surface area contributed by atoms with E-state index in [-0.39, 0.29) is 29.7 Å². The van der Waals surface area contributed by atoms with Gasteiger partial charge in [0.2, 0.25) is 0 Å². The van der Waals surface area contributed by atoms with Crippen molar-refractivity contribution in [3.63, 3.8) is 0 Å². The molecule has 0 fully saturated rings. The van der Waals surface area contributed by atoms with Gasteiger partial charge >= 0.3 is 5.69 Å². The lowest BCUT2D eigenvalue weighted by Crippen LogP contribution is -2.37. The molecule has 0 atom stereocenters. The number of carbonyl (C=O) groups excluding carboxylic acids is 1. The highest BCUT2D eigenvalue weighted by atomic mass is 32.1. The Balaban J connectivity index is 1.58. The molecule has 12 heteroatoms. The molecule has 1 N–H and O–H groups in total. The van der Waals surface area contributed by atoms with Crippen molar-refractivity contribution in [1.29, 1.82) is 0 Å². The molecule has 0 spiro atoms. The van der Waals surface area contributed by atoms with Crippen molar-refractivity contribution < 1.29 is 26.7 Å². The molecule has 2 aromatic heterocycles. The summed E-state index contributed by atoms with van der Waals surface area (Å²) in [4.78, 5) is 42.7. The topological polar surface area (TPSA) is 75.2 Å². The molecular weight excluding hydrogens is 481 g/mol. The molecule has 0 bridgehead atoms. The number of halogens is 5. The lowest BCUT2D eigenvalue weighted by atomic mass is 10.0. The highest BCUT2D eigenvalue weighted by molar-refractivity contribution is 7.18. The average molecular weight is 493 g/mol. The molecule has 3 heterocycles. The number of aromatic nitrogens is 2. The summed E-state index contributed by atoms with van der Waals surface area (Å²) in [5.41, 5.74) is -2.58. The monoisotopic (exact) mass is 493 g/mol. The maximum atomic E-state index is 14.3. The summed E-state index contributed by atoms with van der Waals surface area (Å²) in [6, 6.07) is 3.25. The number of hydrogen-bond donors (Lipinski definition) is 1. The summed E-state index contributed by atoms with van der Waals surface area (Å²) in [7, 11) is 0. The van der Waals surface area contributed by atoms with Crippen molar-refractivity contribution in [3.05, 3.63) is 96.3 Å². The number of H-pyrrole nitrogens is 1. The summed E-state index contributed by atoms with van der Waals surface area (Å²) >= 11 is 1.00. The Morgan fingerprint density at radius 2 is 1.62 bits per heavy atom. The number of nitrogens with one attached hydrogen (secondary N) is 1. The molecular formula is C22H12F5N3O3S. The minimum absolute atomic E-state index is 0.0165. The van der Waals surface area contributed by atoms with Gasteiger partial charge in [0.1, 0.15) is 39.5 Å². The zero-order chi connectivity index (χ0) is 24.3. The zero-order valence-electron chi connectivity index (χ0n) is 16.9. The molecule has 1 amide bonds. The summed E-state index contributed by atoms with van der Waals surface area (Å²) in [5.74, 6) is -6.79. The van der Waals surface area contributed by atoms with Gasteiger partial charge in [-0.15, -0.1) is 11.3 Å². The smallest absolute Gasteiger partial charge is 0.333 e. The van der Waals surface area contributed by atoms with Gasteiger partial charge in [0, 0.05) is 29.6 Å². The number of nitrogens with zero attached hydrogens (tertiary/aromatic N) is 2. The minimum atomic E-state index is -1.34. The van der Waals surface area contributed by atoms with Crippen LogP contribution in [-0.2, 0) is 13.0 Å². The van der Waals surface area contributed by atoms with Crippen LogP contribution in [-0.4, -0.2) is 26.9 Å². The van der Waals surface area contributed by atoms with Crippen LogP contribution in [0, 0.1) is 29.1 Å². The molecule has 0 aliphatic carbocycles. The molecule has 0 radical (unpaired) electrons. The van der Waals surface area contributed by atoms with E-state index < -0.39 is 57.5 Å². The molecule has 34 heavy (non-hydrogen) atoms. The summed E-state index contributed by atoms with van der Waals surface area (Å²) < 4.78 is 69.5. The Morgan fingerprint density at radius 1 is 0.941 bits per heavy atom. The maximum absolute atomic E-state index is 14.3. The first-order valence-corrected chi connectivity index (χ1v) is 10.7. The molecule has 174 valence electrons. The first-order valence-electron chi connectivity index (χ1n) is 9.84. The van der Waals surface area contributed by atoms with Crippen molar-refractivity contribution in [1.82, 2.24) is 14.5 Å². The second kappa shape index (κ2) is 7.90. The number of carbonyl (C=O) groups is 1. The fraction of sp³-hybridized carbons (Fsp3) is 0.136. The Kier molecular flexibility index (Phi) is 5.12. The first kappa shape index (κ1) is 22.0. The molecule has 0 saturated heterocycles. The summed E-state index contributed by atoms with van der Waals surface area (Å²) in [6.45, 7) is -0.131. The summed E-state index contributed by atoms with van der Waals surface area (Å²) in [6.07, 6.45) is 0.110. The number of fused-ring (bicyclic) bond motifs is 3. The van der Waals surface area contributed by atoms with Crippen molar-refractivity contribution in [2.24, 2.45) is 0 Å². The van der Waals surface area contributed by atoms with Gasteiger partial charge in [0.25, 0.3) is 11.5 Å². The van der Waals surface area contributed by atoms with Crippen LogP contribution in [0.1, 0.15) is 20.8 Å². The van der Waals surface area contributed by atoms with Gasteiger partial charge in [0.15, 0.2) is 0 Å². The van der Waals surface area contributed by atoms with Crippen LogP contribution in [0.2, 0.25) is 0 Å². The number of hydrogen-bond acceptors (Lipinski definition) is 4. The number of thiophene rings is 1. The molecule has 0 unspecified atom stereocenters. The minimum Gasteiger partial charge on any atom is -0.333 e. The van der Waals surface area contributed by atoms with E-state index in [9.17, 15) is 36.3 Å². The predicted octanol–water partition coefficient (Wildman–Crippen LogP) is 3.63. The van der Waals surface area contributed by atoms with Gasteiger partial charge in [-0.1, -0.05) is 0 Å². The van der Waals surface area contributed by atoms with E-state index in [1.54, 1.807) is 0 Å². The molecule has 1 aliphatic heterocycles. The fourth-order valence-electron chi connectivity index (χ4n) is 4.03. The van der Waals surface area contributed by atoms with Gasteiger partial charge < -0.3 is 4.90 Å². The lowest BCUT2D eigenvalue weighted by Gasteiger charge is -2.27. The Morgan fingerprint density at radius 3 is 2.29 bits per heavy atom. The largest absolute Gasteiger partial charge is 0.334 e. The van der Waals surface area contributed by atoms with Crippen LogP contribution in [0.4, 0.5) is 22.0 Å². The second-order valence-corrected chi connectivity index (χ2v) is 8.70. The van der Waals surface area contributed by atoms with Gasteiger partial charge in [-0.2, -0.15) is 0 Å². The number of benzene rings is 2. The first-order chi connectivity index (χ1) is 16.2. The number of rotatable bonds is 2. The Hall–Kier alpha value is -3.80. The lowest BCUT2D eigenvalue weighted by molar-refractivity contribution is 0.0727. The highest BCUT2D eigenvalue weighted by Crippen LogP contribution is 2.33. The van der Waals surface area contributed by atoms with Crippen molar-refractivity contribution >= 4 is 27.5 Å². The van der Waals surface area contributed by atoms with E-state index in [1.807, 2.05) is 0 Å². The number of aromatic amines is 1. The maximum Gasteiger partial charge on any atom is 0.334 e. The van der Waals surface area contributed by atoms with Crippen LogP contribution in [0.3, 0.4) is 0 Å². The van der Waals surface area contributed by atoms with Gasteiger partial charge in [0.05, 0.1) is 17.6 Å². The van der Waals surface area contributed by atoms with Crippen LogP contribution < -0.4 is 11.2 Å². The third kappa shape index (κ3) is 3.41. The van der Waals surface area contributed by atoms with Crippen molar-refractivity contribution in [2.75, 3.05) is 6.54 Å². The van der Waals surface area contributed by atoms with Crippen molar-refractivity contribution in [3.8, 4) is 5.69 Å². The molecule has 5 rings (SSSR count). The van der Waals surface area contributed by atoms with E-state index in [0.717, 1.165) is 28.4 Å². The van der Waals surface area contributed by atoms with Crippen LogP contribution in [0.25, 0.3) is 15.9 Å². The molecule has 6 nitrogen and oxygen atoms in total. The highest BCUT2D eigenvalue weighted by Gasteiger charge is 2.30. The predicted molar refractivity (Wildman–Crippen MR) is 113 cm³/mol. The summed E-state index contributed by atoms with van der Waals surface area (Å²) in [5, 5.41) is 0.106. The molecule has 4 aromatic rings. The fourth-order valence-corrected chi connectivity index (χ4v) is 5.28. The van der Waals surface area contributed by atoms with E-state index >= 15 is 0 Å². The molecule has 2 aromatic carbocycles. The third-order valence-electron chi connectivity index (χ3n) is 5.56. The molecule has 1 aliphatic rings. The normalized spacial score (nSPS) is 13.4.